The minimum Gasteiger partial charge on any atom is -0.324 e. The first kappa shape index (κ1) is 19.1. The van der Waals surface area contributed by atoms with Gasteiger partial charge in [0.1, 0.15) is 11.4 Å². The van der Waals surface area contributed by atoms with Crippen LogP contribution in [-0.4, -0.2) is 15.5 Å². The Bertz CT molecular complexity index is 1270. The van der Waals surface area contributed by atoms with Gasteiger partial charge in [-0.05, 0) is 49.1 Å². The van der Waals surface area contributed by atoms with Gasteiger partial charge in [0, 0.05) is 10.6 Å². The lowest BCUT2D eigenvalue weighted by molar-refractivity contribution is -0.116. The molecule has 0 saturated carbocycles. The third-order valence-corrected chi connectivity index (χ3v) is 6.39. The molecule has 0 bridgehead atoms. The topological polar surface area (TPSA) is 64.0 Å². The number of anilines is 1. The molecule has 0 aliphatic rings. The second kappa shape index (κ2) is 7.64. The van der Waals surface area contributed by atoms with E-state index in [0.717, 1.165) is 32.8 Å². The minimum atomic E-state index is -0.252. The Balaban J connectivity index is 1.66. The van der Waals surface area contributed by atoms with Crippen LogP contribution in [0.15, 0.2) is 59.7 Å². The van der Waals surface area contributed by atoms with Crippen molar-refractivity contribution in [3.63, 3.8) is 0 Å². The normalized spacial score (nSPS) is 11.0. The van der Waals surface area contributed by atoms with Crippen LogP contribution < -0.4 is 10.9 Å². The van der Waals surface area contributed by atoms with Gasteiger partial charge in [-0.15, -0.1) is 11.3 Å². The lowest BCUT2D eigenvalue weighted by Gasteiger charge is -2.11. The number of thiophene rings is 1. The van der Waals surface area contributed by atoms with Gasteiger partial charge in [-0.2, -0.15) is 0 Å². The molecule has 0 spiro atoms. The van der Waals surface area contributed by atoms with Gasteiger partial charge >= 0.3 is 0 Å². The molecule has 4 aromatic rings. The number of carbonyl (C=O) groups is 1. The Morgan fingerprint density at radius 3 is 2.55 bits per heavy atom. The van der Waals surface area contributed by atoms with Crippen LogP contribution in [0, 0.1) is 20.8 Å². The summed E-state index contributed by atoms with van der Waals surface area (Å²) in [6.45, 7) is 5.82. The molecule has 0 aliphatic heterocycles. The van der Waals surface area contributed by atoms with Crippen molar-refractivity contribution in [3.8, 4) is 10.4 Å². The molecule has 146 valence electrons. The highest BCUT2D eigenvalue weighted by molar-refractivity contribution is 7.22. The van der Waals surface area contributed by atoms with Crippen molar-refractivity contribution in [2.24, 2.45) is 0 Å². The Labute approximate surface area is 172 Å². The summed E-state index contributed by atoms with van der Waals surface area (Å²) in [5.41, 5.74) is 4.65. The Hall–Kier alpha value is -3.25. The number of hydrogen-bond donors (Lipinski definition) is 1. The fourth-order valence-corrected chi connectivity index (χ4v) is 4.51. The van der Waals surface area contributed by atoms with Crippen molar-refractivity contribution in [3.05, 3.63) is 81.9 Å². The van der Waals surface area contributed by atoms with E-state index in [1.165, 1.54) is 22.2 Å². The summed E-state index contributed by atoms with van der Waals surface area (Å²) in [7, 11) is 0. The molecule has 29 heavy (non-hydrogen) atoms. The summed E-state index contributed by atoms with van der Waals surface area (Å²) < 4.78 is 1.37. The summed E-state index contributed by atoms with van der Waals surface area (Å²) in [6, 6.07) is 15.7. The van der Waals surface area contributed by atoms with Crippen LogP contribution in [0.4, 0.5) is 5.69 Å². The quantitative estimate of drug-likeness (QED) is 0.538. The number of aromatic nitrogens is 2. The van der Waals surface area contributed by atoms with E-state index < -0.39 is 0 Å². The standard InChI is InChI=1S/C23H21N3O2S/c1-14-8-7-11-18(15(14)2)25-19(27)12-26-13-24-22-20(23(26)28)16(3)21(29-22)17-9-5-4-6-10-17/h4-11,13H,12H2,1-3H3,(H,25,27). The smallest absolute Gasteiger partial charge is 0.262 e. The largest absolute Gasteiger partial charge is 0.324 e. The predicted octanol–water partition coefficient (Wildman–Crippen LogP) is 4.69. The minimum absolute atomic E-state index is 0.0783. The van der Waals surface area contributed by atoms with E-state index in [-0.39, 0.29) is 18.0 Å². The summed E-state index contributed by atoms with van der Waals surface area (Å²) in [4.78, 5) is 31.8. The lowest BCUT2D eigenvalue weighted by atomic mass is 10.1. The molecule has 0 radical (unpaired) electrons. The fourth-order valence-electron chi connectivity index (χ4n) is 3.37. The number of amides is 1. The van der Waals surface area contributed by atoms with Gasteiger partial charge in [-0.1, -0.05) is 42.5 Å². The molecular weight excluding hydrogens is 382 g/mol. The average molecular weight is 404 g/mol. The molecule has 0 saturated heterocycles. The van der Waals surface area contributed by atoms with Crippen molar-refractivity contribution in [1.29, 1.82) is 0 Å². The molecule has 2 aromatic heterocycles. The zero-order chi connectivity index (χ0) is 20.5. The third-order valence-electron chi connectivity index (χ3n) is 5.15. The molecule has 1 amide bonds. The van der Waals surface area contributed by atoms with Crippen LogP contribution in [0.1, 0.15) is 16.7 Å². The molecule has 2 aromatic carbocycles. The van der Waals surface area contributed by atoms with Crippen molar-refractivity contribution < 1.29 is 4.79 Å². The second-order valence-corrected chi connectivity index (χ2v) is 8.07. The molecule has 0 unspecified atom stereocenters. The molecule has 2 heterocycles. The van der Waals surface area contributed by atoms with Crippen molar-refractivity contribution in [2.75, 3.05) is 5.32 Å². The zero-order valence-electron chi connectivity index (χ0n) is 16.5. The van der Waals surface area contributed by atoms with Gasteiger partial charge in [0.15, 0.2) is 0 Å². The predicted molar refractivity (Wildman–Crippen MR) is 119 cm³/mol. The van der Waals surface area contributed by atoms with Crippen LogP contribution in [0.3, 0.4) is 0 Å². The molecule has 1 N–H and O–H groups in total. The monoisotopic (exact) mass is 403 g/mol. The molecular formula is C23H21N3O2S. The average Bonchev–Trinajstić information content (AvgIpc) is 3.05. The van der Waals surface area contributed by atoms with Crippen molar-refractivity contribution >= 4 is 33.1 Å². The molecule has 6 heteroatoms. The number of rotatable bonds is 4. The highest BCUT2D eigenvalue weighted by Gasteiger charge is 2.17. The number of nitrogens with zero attached hydrogens (tertiary/aromatic N) is 2. The summed E-state index contributed by atoms with van der Waals surface area (Å²) in [5, 5.41) is 3.48. The number of benzene rings is 2. The van der Waals surface area contributed by atoms with Crippen LogP contribution in [0.25, 0.3) is 20.7 Å². The van der Waals surface area contributed by atoms with Gasteiger partial charge in [-0.3, -0.25) is 14.2 Å². The van der Waals surface area contributed by atoms with E-state index in [9.17, 15) is 9.59 Å². The Morgan fingerprint density at radius 2 is 1.79 bits per heavy atom. The number of carbonyl (C=O) groups excluding carboxylic acids is 1. The van der Waals surface area contributed by atoms with Gasteiger partial charge in [0.05, 0.1) is 11.7 Å². The Morgan fingerprint density at radius 1 is 1.03 bits per heavy atom. The number of nitrogens with one attached hydrogen (secondary N) is 1. The van der Waals surface area contributed by atoms with E-state index in [1.807, 2.05) is 69.3 Å². The van der Waals surface area contributed by atoms with Gasteiger partial charge < -0.3 is 5.32 Å². The summed E-state index contributed by atoms with van der Waals surface area (Å²) in [5.74, 6) is -0.252. The fraction of sp³-hybridized carbons (Fsp3) is 0.174. The first-order valence-electron chi connectivity index (χ1n) is 9.35. The number of fused-ring (bicyclic) bond motifs is 1. The maximum Gasteiger partial charge on any atom is 0.262 e. The SMILES string of the molecule is Cc1cccc(NC(=O)Cn2cnc3sc(-c4ccccc4)c(C)c3c2=O)c1C. The zero-order valence-corrected chi connectivity index (χ0v) is 17.3. The van der Waals surface area contributed by atoms with Crippen molar-refractivity contribution in [1.82, 2.24) is 9.55 Å². The van der Waals surface area contributed by atoms with Gasteiger partial charge in [0.25, 0.3) is 5.56 Å². The van der Waals surface area contributed by atoms with E-state index in [4.69, 9.17) is 0 Å². The van der Waals surface area contributed by atoms with E-state index in [2.05, 4.69) is 10.3 Å². The van der Waals surface area contributed by atoms with E-state index >= 15 is 0 Å². The van der Waals surface area contributed by atoms with Crippen LogP contribution in [0.2, 0.25) is 0 Å². The van der Waals surface area contributed by atoms with Crippen molar-refractivity contribution in [2.45, 2.75) is 27.3 Å². The van der Waals surface area contributed by atoms with Gasteiger partial charge in [0.2, 0.25) is 5.91 Å². The summed E-state index contributed by atoms with van der Waals surface area (Å²) >= 11 is 1.50. The van der Waals surface area contributed by atoms with E-state index in [1.54, 1.807) is 0 Å². The molecule has 0 atom stereocenters. The first-order valence-corrected chi connectivity index (χ1v) is 10.2. The Kier molecular flexibility index (Phi) is 5.03. The number of aryl methyl sites for hydroxylation is 2. The first-order chi connectivity index (χ1) is 14.0. The van der Waals surface area contributed by atoms with Crippen LogP contribution in [-0.2, 0) is 11.3 Å². The maximum absolute atomic E-state index is 13.1. The van der Waals surface area contributed by atoms with Crippen LogP contribution in [0.5, 0.6) is 0 Å². The highest BCUT2D eigenvalue weighted by Crippen LogP contribution is 2.35. The number of hydrogen-bond acceptors (Lipinski definition) is 4. The molecule has 5 nitrogen and oxygen atoms in total. The molecule has 0 aliphatic carbocycles. The van der Waals surface area contributed by atoms with Gasteiger partial charge in [-0.25, -0.2) is 4.98 Å². The lowest BCUT2D eigenvalue weighted by Crippen LogP contribution is -2.28. The van der Waals surface area contributed by atoms with Crippen LogP contribution >= 0.6 is 11.3 Å². The van der Waals surface area contributed by atoms with E-state index in [0.29, 0.717) is 10.2 Å². The maximum atomic E-state index is 13.1. The molecule has 0 fully saturated rings. The highest BCUT2D eigenvalue weighted by atomic mass is 32.1. The molecule has 4 rings (SSSR count). The summed E-state index contributed by atoms with van der Waals surface area (Å²) in [6.07, 6.45) is 1.46. The third kappa shape index (κ3) is 3.59. The second-order valence-electron chi connectivity index (χ2n) is 7.08.